The third-order valence-corrected chi connectivity index (χ3v) is 3.07. The molecule has 0 spiro atoms. The highest BCUT2D eigenvalue weighted by molar-refractivity contribution is 5.76. The minimum atomic E-state index is 0.118. The van der Waals surface area contributed by atoms with Crippen molar-refractivity contribution in [2.45, 2.75) is 33.4 Å². The first-order valence-corrected chi connectivity index (χ1v) is 5.96. The quantitative estimate of drug-likeness (QED) is 0.768. The van der Waals surface area contributed by atoms with Crippen molar-refractivity contribution in [2.24, 2.45) is 0 Å². The first-order valence-electron chi connectivity index (χ1n) is 5.96. The Hall–Kier alpha value is -1.43. The van der Waals surface area contributed by atoms with E-state index in [0.29, 0.717) is 5.82 Å². The van der Waals surface area contributed by atoms with Crippen LogP contribution in [0.4, 0.5) is 0 Å². The number of aryl methyl sites for hydroxylation is 2. The number of carbonyl (C=O) groups excluding carboxylic acids is 1. The summed E-state index contributed by atoms with van der Waals surface area (Å²) in [6.45, 7) is 8.55. The van der Waals surface area contributed by atoms with E-state index in [4.69, 9.17) is 0 Å². The Kier molecular flexibility index (Phi) is 3.42. The first-order chi connectivity index (χ1) is 8.08. The maximum atomic E-state index is 12.1. The molecule has 17 heavy (non-hydrogen) atoms. The van der Waals surface area contributed by atoms with Crippen LogP contribution >= 0.6 is 0 Å². The number of nitrogens with one attached hydrogen (secondary N) is 1. The molecule has 1 atom stereocenters. The van der Waals surface area contributed by atoms with Crippen molar-refractivity contribution in [1.82, 2.24) is 25.0 Å². The summed E-state index contributed by atoms with van der Waals surface area (Å²) in [5.74, 6) is 1.62. The molecule has 0 radical (unpaired) electrons. The van der Waals surface area contributed by atoms with E-state index < -0.39 is 0 Å². The number of hydrogen-bond acceptors (Lipinski definition) is 4. The second kappa shape index (κ2) is 4.83. The lowest BCUT2D eigenvalue weighted by atomic mass is 10.2. The minimum Gasteiger partial charge on any atom is -0.336 e. The highest BCUT2D eigenvalue weighted by Crippen LogP contribution is 2.05. The van der Waals surface area contributed by atoms with Crippen molar-refractivity contribution in [1.29, 1.82) is 0 Å². The molecule has 1 amide bonds. The average Bonchev–Trinajstić information content (AvgIpc) is 2.58. The summed E-state index contributed by atoms with van der Waals surface area (Å²) in [5, 5.41) is 7.48. The van der Waals surface area contributed by atoms with Crippen LogP contribution in [0.1, 0.15) is 18.6 Å². The number of piperazine rings is 1. The summed E-state index contributed by atoms with van der Waals surface area (Å²) in [7, 11) is 0. The molecule has 6 nitrogen and oxygen atoms in total. The number of aromatic nitrogens is 3. The highest BCUT2D eigenvalue weighted by Gasteiger charge is 2.23. The molecule has 0 unspecified atom stereocenters. The van der Waals surface area contributed by atoms with Gasteiger partial charge in [-0.3, -0.25) is 4.79 Å². The van der Waals surface area contributed by atoms with Gasteiger partial charge in [0.05, 0.1) is 0 Å². The molecule has 1 fully saturated rings. The van der Waals surface area contributed by atoms with Gasteiger partial charge in [0.2, 0.25) is 5.91 Å². The molecule has 1 saturated heterocycles. The summed E-state index contributed by atoms with van der Waals surface area (Å²) < 4.78 is 1.67. The molecule has 1 aliphatic heterocycles. The van der Waals surface area contributed by atoms with Crippen LogP contribution in [-0.2, 0) is 11.3 Å². The fourth-order valence-corrected chi connectivity index (χ4v) is 2.14. The molecule has 1 aromatic heterocycles. The maximum absolute atomic E-state index is 12.1. The van der Waals surface area contributed by atoms with Crippen LogP contribution < -0.4 is 5.32 Å². The Morgan fingerprint density at radius 2 is 2.29 bits per heavy atom. The molecule has 94 valence electrons. The van der Waals surface area contributed by atoms with Gasteiger partial charge in [0.25, 0.3) is 0 Å². The number of amides is 1. The van der Waals surface area contributed by atoms with Crippen molar-refractivity contribution in [2.75, 3.05) is 19.6 Å². The molecule has 2 rings (SSSR count). The van der Waals surface area contributed by atoms with Crippen LogP contribution in [0.15, 0.2) is 0 Å². The summed E-state index contributed by atoms with van der Waals surface area (Å²) >= 11 is 0. The Labute approximate surface area is 101 Å². The lowest BCUT2D eigenvalue weighted by Crippen LogP contribution is -2.53. The van der Waals surface area contributed by atoms with Crippen molar-refractivity contribution < 1.29 is 4.79 Å². The van der Waals surface area contributed by atoms with E-state index in [-0.39, 0.29) is 18.5 Å². The molecule has 0 saturated carbocycles. The van der Waals surface area contributed by atoms with Crippen LogP contribution in [0, 0.1) is 13.8 Å². The van der Waals surface area contributed by atoms with Crippen molar-refractivity contribution in [3.63, 3.8) is 0 Å². The van der Waals surface area contributed by atoms with Gasteiger partial charge in [0.15, 0.2) is 0 Å². The van der Waals surface area contributed by atoms with E-state index in [1.165, 1.54) is 0 Å². The summed E-state index contributed by atoms with van der Waals surface area (Å²) in [4.78, 5) is 18.3. The van der Waals surface area contributed by atoms with Crippen LogP contribution in [0.25, 0.3) is 0 Å². The molecule has 0 aromatic carbocycles. The number of hydrogen-bond donors (Lipinski definition) is 1. The standard InChI is InChI=1S/C11H19N5O/c1-8-6-12-4-5-15(8)11(17)7-16-10(3)13-9(2)14-16/h8,12H,4-7H2,1-3H3/t8-/m0/s1. The van der Waals surface area contributed by atoms with Crippen LogP contribution in [0.3, 0.4) is 0 Å². The van der Waals surface area contributed by atoms with Gasteiger partial charge in [-0.25, -0.2) is 9.67 Å². The molecular weight excluding hydrogens is 218 g/mol. The molecule has 2 heterocycles. The molecule has 6 heteroatoms. The smallest absolute Gasteiger partial charge is 0.244 e. The zero-order valence-electron chi connectivity index (χ0n) is 10.6. The van der Waals surface area contributed by atoms with Gasteiger partial charge in [-0.05, 0) is 20.8 Å². The van der Waals surface area contributed by atoms with Gasteiger partial charge < -0.3 is 10.2 Å². The van der Waals surface area contributed by atoms with Crippen LogP contribution in [0.2, 0.25) is 0 Å². The molecule has 1 aliphatic rings. The van der Waals surface area contributed by atoms with E-state index in [0.717, 1.165) is 25.5 Å². The monoisotopic (exact) mass is 237 g/mol. The first kappa shape index (κ1) is 12.0. The van der Waals surface area contributed by atoms with Gasteiger partial charge >= 0.3 is 0 Å². The minimum absolute atomic E-state index is 0.118. The van der Waals surface area contributed by atoms with Gasteiger partial charge in [-0.15, -0.1) is 0 Å². The summed E-state index contributed by atoms with van der Waals surface area (Å²) in [5.41, 5.74) is 0. The number of rotatable bonds is 2. The van der Waals surface area contributed by atoms with Gasteiger partial charge in [0.1, 0.15) is 18.2 Å². The third-order valence-electron chi connectivity index (χ3n) is 3.07. The lowest BCUT2D eigenvalue weighted by molar-refractivity contribution is -0.134. The maximum Gasteiger partial charge on any atom is 0.244 e. The van der Waals surface area contributed by atoms with Crippen molar-refractivity contribution in [3.8, 4) is 0 Å². The Morgan fingerprint density at radius 1 is 1.53 bits per heavy atom. The molecule has 1 aromatic rings. The zero-order chi connectivity index (χ0) is 12.4. The van der Waals surface area contributed by atoms with E-state index >= 15 is 0 Å². The predicted molar refractivity (Wildman–Crippen MR) is 63.5 cm³/mol. The van der Waals surface area contributed by atoms with Gasteiger partial charge in [-0.2, -0.15) is 5.10 Å². The molecular formula is C11H19N5O. The van der Waals surface area contributed by atoms with E-state index in [9.17, 15) is 4.79 Å². The fourth-order valence-electron chi connectivity index (χ4n) is 2.14. The molecule has 0 bridgehead atoms. The fraction of sp³-hybridized carbons (Fsp3) is 0.727. The third kappa shape index (κ3) is 2.63. The average molecular weight is 237 g/mol. The number of carbonyl (C=O) groups is 1. The highest BCUT2D eigenvalue weighted by atomic mass is 16.2. The Morgan fingerprint density at radius 3 is 2.88 bits per heavy atom. The Balaban J connectivity index is 2.03. The zero-order valence-corrected chi connectivity index (χ0v) is 10.6. The van der Waals surface area contributed by atoms with E-state index in [2.05, 4.69) is 22.3 Å². The topological polar surface area (TPSA) is 63.1 Å². The lowest BCUT2D eigenvalue weighted by Gasteiger charge is -2.34. The van der Waals surface area contributed by atoms with Gasteiger partial charge in [-0.1, -0.05) is 0 Å². The molecule has 1 N–H and O–H groups in total. The predicted octanol–water partition coefficient (Wildman–Crippen LogP) is -0.285. The van der Waals surface area contributed by atoms with Gasteiger partial charge in [0, 0.05) is 25.7 Å². The normalized spacial score (nSPS) is 20.6. The largest absolute Gasteiger partial charge is 0.336 e. The summed E-state index contributed by atoms with van der Waals surface area (Å²) in [6.07, 6.45) is 0. The van der Waals surface area contributed by atoms with Crippen molar-refractivity contribution in [3.05, 3.63) is 11.6 Å². The van der Waals surface area contributed by atoms with Crippen LogP contribution in [0.5, 0.6) is 0 Å². The molecule has 0 aliphatic carbocycles. The SMILES string of the molecule is Cc1nc(C)n(CC(=O)N2CCNC[C@@H]2C)n1. The van der Waals surface area contributed by atoms with Crippen LogP contribution in [-0.4, -0.2) is 51.2 Å². The van der Waals surface area contributed by atoms with E-state index in [1.54, 1.807) is 4.68 Å². The second-order valence-corrected chi connectivity index (χ2v) is 4.50. The number of nitrogens with zero attached hydrogens (tertiary/aromatic N) is 4. The van der Waals surface area contributed by atoms with Crippen molar-refractivity contribution >= 4 is 5.91 Å². The van der Waals surface area contributed by atoms with E-state index in [1.807, 2.05) is 18.7 Å². The second-order valence-electron chi connectivity index (χ2n) is 4.50. The Bertz CT molecular complexity index is 414. The summed E-state index contributed by atoms with van der Waals surface area (Å²) in [6, 6.07) is 0.251.